The summed E-state index contributed by atoms with van der Waals surface area (Å²) in [5, 5.41) is 23.5. The molecule has 1 aromatic carbocycles. The molecule has 0 aliphatic heterocycles. The van der Waals surface area contributed by atoms with E-state index in [2.05, 4.69) is 10.5 Å². The SMILES string of the molecule is CC(NC(=O)c1ccc(Cl)cc1O)/C(N)=N/O. The Balaban J connectivity index is 2.84. The van der Waals surface area contributed by atoms with Crippen molar-refractivity contribution in [3.8, 4) is 5.75 Å². The lowest BCUT2D eigenvalue weighted by Crippen LogP contribution is -2.42. The van der Waals surface area contributed by atoms with Gasteiger partial charge in [-0.2, -0.15) is 0 Å². The molecule has 1 aromatic rings. The maximum atomic E-state index is 11.7. The maximum Gasteiger partial charge on any atom is 0.255 e. The van der Waals surface area contributed by atoms with Gasteiger partial charge < -0.3 is 21.4 Å². The minimum Gasteiger partial charge on any atom is -0.507 e. The molecule has 1 amide bonds. The molecule has 7 heteroatoms. The highest BCUT2D eigenvalue weighted by Gasteiger charge is 2.16. The normalized spacial score (nSPS) is 13.2. The summed E-state index contributed by atoms with van der Waals surface area (Å²) in [6.07, 6.45) is 0. The molecular formula is C10H12ClN3O3. The number of carbonyl (C=O) groups is 1. The first kappa shape index (κ1) is 13.1. The zero-order valence-electron chi connectivity index (χ0n) is 9.01. The number of nitrogens with zero attached hydrogens (tertiary/aromatic N) is 1. The van der Waals surface area contributed by atoms with Gasteiger partial charge in [0, 0.05) is 5.02 Å². The van der Waals surface area contributed by atoms with Crippen LogP contribution in [0.25, 0.3) is 0 Å². The Bertz CT molecular complexity index is 462. The summed E-state index contributed by atoms with van der Waals surface area (Å²) < 4.78 is 0. The van der Waals surface area contributed by atoms with Crippen molar-refractivity contribution < 1.29 is 15.1 Å². The van der Waals surface area contributed by atoms with E-state index in [0.29, 0.717) is 5.02 Å². The summed E-state index contributed by atoms with van der Waals surface area (Å²) >= 11 is 5.64. The highest BCUT2D eigenvalue weighted by molar-refractivity contribution is 6.30. The standard InChI is InChI=1S/C10H12ClN3O3/c1-5(9(12)14-17)13-10(16)7-3-2-6(11)4-8(7)15/h2-5,15,17H,1H3,(H2,12,14)(H,13,16). The van der Waals surface area contributed by atoms with E-state index in [1.54, 1.807) is 6.92 Å². The molecule has 1 atom stereocenters. The summed E-state index contributed by atoms with van der Waals surface area (Å²) in [6, 6.07) is 3.46. The van der Waals surface area contributed by atoms with Crippen LogP contribution in [0.1, 0.15) is 17.3 Å². The largest absolute Gasteiger partial charge is 0.507 e. The van der Waals surface area contributed by atoms with Gasteiger partial charge in [0.2, 0.25) is 0 Å². The quantitative estimate of drug-likeness (QED) is 0.279. The van der Waals surface area contributed by atoms with Crippen LogP contribution >= 0.6 is 11.6 Å². The van der Waals surface area contributed by atoms with Gasteiger partial charge in [-0.25, -0.2) is 0 Å². The van der Waals surface area contributed by atoms with Crippen LogP contribution < -0.4 is 11.1 Å². The van der Waals surface area contributed by atoms with Gasteiger partial charge in [0.05, 0.1) is 11.6 Å². The number of oxime groups is 1. The van der Waals surface area contributed by atoms with Crippen molar-refractivity contribution in [1.82, 2.24) is 5.32 Å². The first-order valence-electron chi connectivity index (χ1n) is 4.72. The van der Waals surface area contributed by atoms with Crippen LogP contribution in [0.5, 0.6) is 5.75 Å². The number of aromatic hydroxyl groups is 1. The van der Waals surface area contributed by atoms with E-state index < -0.39 is 11.9 Å². The average molecular weight is 258 g/mol. The molecule has 0 saturated heterocycles. The fourth-order valence-electron chi connectivity index (χ4n) is 1.13. The van der Waals surface area contributed by atoms with Crippen molar-refractivity contribution >= 4 is 23.3 Å². The Morgan fingerprint density at radius 3 is 2.76 bits per heavy atom. The van der Waals surface area contributed by atoms with Gasteiger partial charge >= 0.3 is 0 Å². The first-order chi connectivity index (χ1) is 7.95. The number of nitrogens with two attached hydrogens (primary N) is 1. The zero-order valence-corrected chi connectivity index (χ0v) is 9.77. The van der Waals surface area contributed by atoms with Crippen molar-refractivity contribution in [1.29, 1.82) is 0 Å². The van der Waals surface area contributed by atoms with Gasteiger partial charge in [-0.05, 0) is 25.1 Å². The van der Waals surface area contributed by atoms with Gasteiger partial charge in [0.25, 0.3) is 5.91 Å². The van der Waals surface area contributed by atoms with E-state index in [9.17, 15) is 9.90 Å². The summed E-state index contributed by atoms with van der Waals surface area (Å²) in [5.41, 5.74) is 5.37. The number of halogens is 1. The number of amidine groups is 1. The summed E-state index contributed by atoms with van der Waals surface area (Å²) in [4.78, 5) is 11.7. The Hall–Kier alpha value is -1.95. The molecule has 0 bridgehead atoms. The highest BCUT2D eigenvalue weighted by Crippen LogP contribution is 2.21. The molecule has 17 heavy (non-hydrogen) atoms. The van der Waals surface area contributed by atoms with E-state index >= 15 is 0 Å². The van der Waals surface area contributed by atoms with E-state index in [4.69, 9.17) is 22.5 Å². The van der Waals surface area contributed by atoms with Crippen molar-refractivity contribution in [3.05, 3.63) is 28.8 Å². The molecule has 0 fully saturated rings. The fourth-order valence-corrected chi connectivity index (χ4v) is 1.30. The highest BCUT2D eigenvalue weighted by atomic mass is 35.5. The maximum absolute atomic E-state index is 11.7. The van der Waals surface area contributed by atoms with Crippen LogP contribution in [-0.4, -0.2) is 28.1 Å². The molecule has 0 aromatic heterocycles. The number of phenolic OH excluding ortho intramolecular Hbond substituents is 1. The van der Waals surface area contributed by atoms with Crippen LogP contribution in [0.15, 0.2) is 23.4 Å². The molecule has 0 radical (unpaired) electrons. The third-order valence-electron chi connectivity index (χ3n) is 2.11. The second-order valence-corrected chi connectivity index (χ2v) is 3.82. The van der Waals surface area contributed by atoms with Crippen molar-refractivity contribution in [2.45, 2.75) is 13.0 Å². The summed E-state index contributed by atoms with van der Waals surface area (Å²) in [5.74, 6) is -0.910. The van der Waals surface area contributed by atoms with Crippen LogP contribution in [-0.2, 0) is 0 Å². The molecular weight excluding hydrogens is 246 g/mol. The molecule has 0 aliphatic carbocycles. The number of benzene rings is 1. The fraction of sp³-hybridized carbons (Fsp3) is 0.200. The molecule has 0 heterocycles. The average Bonchev–Trinajstić information content (AvgIpc) is 2.27. The Morgan fingerprint density at radius 1 is 1.59 bits per heavy atom. The lowest BCUT2D eigenvalue weighted by molar-refractivity contribution is 0.0946. The first-order valence-corrected chi connectivity index (χ1v) is 5.10. The van der Waals surface area contributed by atoms with Crippen molar-refractivity contribution in [3.63, 3.8) is 0 Å². The van der Waals surface area contributed by atoms with Gasteiger partial charge in [-0.3, -0.25) is 4.79 Å². The van der Waals surface area contributed by atoms with Crippen molar-refractivity contribution in [2.24, 2.45) is 10.9 Å². The second-order valence-electron chi connectivity index (χ2n) is 3.38. The molecule has 5 N–H and O–H groups in total. The molecule has 1 unspecified atom stereocenters. The molecule has 6 nitrogen and oxygen atoms in total. The third-order valence-corrected chi connectivity index (χ3v) is 2.35. The minimum atomic E-state index is -0.650. The van der Waals surface area contributed by atoms with Gasteiger partial charge in [-0.15, -0.1) is 0 Å². The van der Waals surface area contributed by atoms with Gasteiger partial charge in [0.1, 0.15) is 5.75 Å². The Morgan fingerprint density at radius 2 is 2.24 bits per heavy atom. The second kappa shape index (κ2) is 5.40. The topological polar surface area (TPSA) is 108 Å². The molecule has 92 valence electrons. The van der Waals surface area contributed by atoms with Crippen molar-refractivity contribution in [2.75, 3.05) is 0 Å². The molecule has 1 rings (SSSR count). The molecule has 0 spiro atoms. The number of hydrogen-bond acceptors (Lipinski definition) is 4. The smallest absolute Gasteiger partial charge is 0.255 e. The number of hydrogen-bond donors (Lipinski definition) is 4. The number of phenols is 1. The zero-order chi connectivity index (χ0) is 13.0. The van der Waals surface area contributed by atoms with Gasteiger partial charge in [-0.1, -0.05) is 16.8 Å². The monoisotopic (exact) mass is 257 g/mol. The van der Waals surface area contributed by atoms with Gasteiger partial charge in [0.15, 0.2) is 5.84 Å². The number of carbonyl (C=O) groups excluding carboxylic acids is 1. The third kappa shape index (κ3) is 3.25. The molecule has 0 aliphatic rings. The summed E-state index contributed by atoms with van der Waals surface area (Å²) in [7, 11) is 0. The lowest BCUT2D eigenvalue weighted by atomic mass is 10.1. The molecule has 0 saturated carbocycles. The van der Waals surface area contributed by atoms with Crippen LogP contribution in [0.3, 0.4) is 0 Å². The predicted molar refractivity (Wildman–Crippen MR) is 63.5 cm³/mol. The number of nitrogens with one attached hydrogen (secondary N) is 1. The number of rotatable bonds is 3. The Kier molecular flexibility index (Phi) is 4.17. The van der Waals surface area contributed by atoms with E-state index in [1.807, 2.05) is 0 Å². The van der Waals surface area contributed by atoms with Crippen LogP contribution in [0.2, 0.25) is 5.02 Å². The summed E-state index contributed by atoms with van der Waals surface area (Å²) in [6.45, 7) is 1.54. The van der Waals surface area contributed by atoms with E-state index in [1.165, 1.54) is 18.2 Å². The van der Waals surface area contributed by atoms with Crippen LogP contribution in [0.4, 0.5) is 0 Å². The predicted octanol–water partition coefficient (Wildman–Crippen LogP) is 0.910. The number of amides is 1. The van der Waals surface area contributed by atoms with Crippen LogP contribution in [0, 0.1) is 0 Å². The Labute approximate surface area is 103 Å². The van der Waals surface area contributed by atoms with E-state index in [0.717, 1.165) is 0 Å². The minimum absolute atomic E-state index is 0.0620. The lowest BCUT2D eigenvalue weighted by Gasteiger charge is -2.12. The van der Waals surface area contributed by atoms with E-state index in [-0.39, 0.29) is 17.1 Å².